The second-order valence-corrected chi connectivity index (χ2v) is 8.28. The van der Waals surface area contributed by atoms with Crippen LogP contribution in [0.15, 0.2) is 0 Å². The van der Waals surface area contributed by atoms with Crippen molar-refractivity contribution < 1.29 is 14.3 Å². The van der Waals surface area contributed by atoms with Crippen LogP contribution in [-0.2, 0) is 9.47 Å². The molecular weight excluding hydrogens is 184 g/mol. The maximum atomic E-state index is 9.90. The Morgan fingerprint density at radius 3 is 2.54 bits per heavy atom. The second kappa shape index (κ2) is 4.08. The van der Waals surface area contributed by atoms with Crippen LogP contribution in [-0.4, -0.2) is 38.2 Å². The van der Waals surface area contributed by atoms with Gasteiger partial charge < -0.3 is 14.3 Å². The summed E-state index contributed by atoms with van der Waals surface area (Å²) < 4.78 is 10.8. The first-order valence-electron chi connectivity index (χ1n) is 4.96. The minimum absolute atomic E-state index is 0.291. The summed E-state index contributed by atoms with van der Waals surface area (Å²) >= 11 is 0. The topological polar surface area (TPSA) is 42.0 Å². The highest BCUT2D eigenvalue weighted by Crippen LogP contribution is 2.35. The summed E-state index contributed by atoms with van der Waals surface area (Å²) in [5.74, 6) is 0. The van der Waals surface area contributed by atoms with Gasteiger partial charge in [0.2, 0.25) is 8.32 Å². The summed E-state index contributed by atoms with van der Waals surface area (Å²) in [6, 6.07) is 0. The molecule has 1 fully saturated rings. The van der Waals surface area contributed by atoms with Crippen LogP contribution in [0.5, 0.6) is 0 Å². The Labute approximate surface area is 81.2 Å². The van der Waals surface area contributed by atoms with Gasteiger partial charge in [0.15, 0.2) is 0 Å². The lowest BCUT2D eigenvalue weighted by atomic mass is 10.4. The molecule has 1 saturated heterocycles. The van der Waals surface area contributed by atoms with Gasteiger partial charge in [-0.25, -0.2) is 0 Å². The normalized spacial score (nSPS) is 27.7. The molecule has 13 heavy (non-hydrogen) atoms. The Hall–Kier alpha value is 0.0969. The summed E-state index contributed by atoms with van der Waals surface area (Å²) in [6.07, 6.45) is 2.23. The Morgan fingerprint density at radius 2 is 2.15 bits per heavy atom. The zero-order valence-electron chi connectivity index (χ0n) is 8.80. The number of ether oxygens (including phenoxy) is 2. The molecule has 1 heterocycles. The van der Waals surface area contributed by atoms with E-state index in [9.17, 15) is 4.80 Å². The predicted molar refractivity (Wildman–Crippen MR) is 54.1 cm³/mol. The van der Waals surface area contributed by atoms with Crippen LogP contribution < -0.4 is 0 Å². The van der Waals surface area contributed by atoms with Crippen molar-refractivity contribution in [3.8, 4) is 0 Å². The number of hydrogen-bond donors (Lipinski definition) is 1. The first-order valence-corrected chi connectivity index (χ1v) is 7.91. The summed E-state index contributed by atoms with van der Waals surface area (Å²) in [7, 11) is -2.18. The molecule has 4 heteroatoms. The average molecular weight is 204 g/mol. The number of unbranched alkanes of at least 4 members (excludes halogenated alkanes) is 1. The van der Waals surface area contributed by atoms with Gasteiger partial charge in [0.25, 0.3) is 0 Å². The summed E-state index contributed by atoms with van der Waals surface area (Å²) in [5.41, 5.74) is 0. The minimum Gasteiger partial charge on any atom is -0.429 e. The van der Waals surface area contributed by atoms with E-state index in [1.807, 2.05) is 13.1 Å². The quantitative estimate of drug-likeness (QED) is 0.403. The fourth-order valence-corrected chi connectivity index (χ4v) is 2.42. The SMILES string of the molecule is CCCCOCC1([Si](C)(C)O)CO1. The van der Waals surface area contributed by atoms with Gasteiger partial charge in [-0.3, -0.25) is 0 Å². The van der Waals surface area contributed by atoms with E-state index in [0.29, 0.717) is 13.2 Å². The zero-order valence-corrected chi connectivity index (χ0v) is 9.80. The Bertz CT molecular complexity index is 161. The zero-order chi connectivity index (χ0) is 9.95. The van der Waals surface area contributed by atoms with Crippen LogP contribution in [0.2, 0.25) is 13.1 Å². The van der Waals surface area contributed by atoms with E-state index in [2.05, 4.69) is 6.92 Å². The van der Waals surface area contributed by atoms with E-state index in [0.717, 1.165) is 19.4 Å². The fourth-order valence-electron chi connectivity index (χ4n) is 1.18. The first kappa shape index (κ1) is 11.2. The van der Waals surface area contributed by atoms with Crippen molar-refractivity contribution in [3.63, 3.8) is 0 Å². The van der Waals surface area contributed by atoms with Gasteiger partial charge in [-0.2, -0.15) is 0 Å². The molecule has 0 radical (unpaired) electrons. The van der Waals surface area contributed by atoms with E-state index in [4.69, 9.17) is 9.47 Å². The maximum Gasteiger partial charge on any atom is 0.220 e. The van der Waals surface area contributed by atoms with E-state index >= 15 is 0 Å². The third-order valence-corrected chi connectivity index (χ3v) is 5.25. The third kappa shape index (κ3) is 2.77. The molecule has 78 valence electrons. The lowest BCUT2D eigenvalue weighted by molar-refractivity contribution is 0.0949. The smallest absolute Gasteiger partial charge is 0.220 e. The van der Waals surface area contributed by atoms with Crippen LogP contribution in [0.3, 0.4) is 0 Å². The largest absolute Gasteiger partial charge is 0.429 e. The molecule has 0 spiro atoms. The maximum absolute atomic E-state index is 9.90. The fraction of sp³-hybridized carbons (Fsp3) is 1.00. The van der Waals surface area contributed by atoms with Crippen molar-refractivity contribution >= 4 is 8.32 Å². The lowest BCUT2D eigenvalue weighted by Gasteiger charge is -2.22. The van der Waals surface area contributed by atoms with Crippen molar-refractivity contribution in [2.45, 2.75) is 38.1 Å². The van der Waals surface area contributed by atoms with Crippen LogP contribution in [0, 0.1) is 0 Å². The molecule has 0 aromatic rings. The Morgan fingerprint density at radius 1 is 1.54 bits per heavy atom. The van der Waals surface area contributed by atoms with Crippen molar-refractivity contribution in [1.82, 2.24) is 0 Å². The van der Waals surface area contributed by atoms with Gasteiger partial charge >= 0.3 is 0 Å². The molecule has 1 rings (SSSR count). The summed E-state index contributed by atoms with van der Waals surface area (Å²) in [6.45, 7) is 7.98. The molecule has 0 aliphatic carbocycles. The predicted octanol–water partition coefficient (Wildman–Crippen LogP) is 1.31. The highest BCUT2D eigenvalue weighted by atomic mass is 28.4. The minimum atomic E-state index is -2.18. The van der Waals surface area contributed by atoms with Crippen LogP contribution >= 0.6 is 0 Å². The highest BCUT2D eigenvalue weighted by Gasteiger charge is 2.58. The third-order valence-electron chi connectivity index (χ3n) is 2.59. The summed E-state index contributed by atoms with van der Waals surface area (Å²) in [4.78, 5) is 9.90. The Balaban J connectivity index is 2.21. The average Bonchev–Trinajstić information content (AvgIpc) is 2.77. The van der Waals surface area contributed by atoms with Gasteiger partial charge in [-0.15, -0.1) is 0 Å². The molecule has 1 aliphatic rings. The van der Waals surface area contributed by atoms with Crippen molar-refractivity contribution in [2.75, 3.05) is 19.8 Å². The summed E-state index contributed by atoms with van der Waals surface area (Å²) in [5, 5.41) is -0.291. The van der Waals surface area contributed by atoms with Gasteiger partial charge in [-0.05, 0) is 19.5 Å². The molecule has 0 amide bonds. The first-order chi connectivity index (χ1) is 6.02. The lowest BCUT2D eigenvalue weighted by Crippen LogP contribution is -2.48. The molecule has 1 atom stereocenters. The molecule has 0 saturated carbocycles. The molecule has 1 N–H and O–H groups in total. The van der Waals surface area contributed by atoms with Crippen LogP contribution in [0.4, 0.5) is 0 Å². The Kier molecular flexibility index (Phi) is 3.51. The van der Waals surface area contributed by atoms with Gasteiger partial charge in [0, 0.05) is 6.61 Å². The van der Waals surface area contributed by atoms with Crippen molar-refractivity contribution in [2.24, 2.45) is 0 Å². The van der Waals surface area contributed by atoms with Crippen LogP contribution in [0.25, 0.3) is 0 Å². The highest BCUT2D eigenvalue weighted by molar-refractivity contribution is 6.73. The molecule has 1 aliphatic heterocycles. The molecule has 1 unspecified atom stereocenters. The monoisotopic (exact) mass is 204 g/mol. The van der Waals surface area contributed by atoms with E-state index in [1.165, 1.54) is 0 Å². The van der Waals surface area contributed by atoms with Gasteiger partial charge in [0.05, 0.1) is 13.2 Å². The molecule has 0 bridgehead atoms. The van der Waals surface area contributed by atoms with Gasteiger partial charge in [0.1, 0.15) is 5.22 Å². The van der Waals surface area contributed by atoms with Crippen molar-refractivity contribution in [3.05, 3.63) is 0 Å². The van der Waals surface area contributed by atoms with Crippen molar-refractivity contribution in [1.29, 1.82) is 0 Å². The molecule has 3 nitrogen and oxygen atoms in total. The van der Waals surface area contributed by atoms with Gasteiger partial charge in [-0.1, -0.05) is 13.3 Å². The molecule has 0 aromatic carbocycles. The second-order valence-electron chi connectivity index (χ2n) is 4.25. The van der Waals surface area contributed by atoms with E-state index in [1.54, 1.807) is 0 Å². The van der Waals surface area contributed by atoms with E-state index in [-0.39, 0.29) is 5.22 Å². The number of rotatable bonds is 6. The molecule has 0 aromatic heterocycles. The molecular formula is C9H20O3Si. The standard InChI is InChI=1S/C9H20O3Si/c1-4-5-6-11-7-9(8-12-9)13(2,3)10/h10H,4-8H2,1-3H3. The number of hydrogen-bond acceptors (Lipinski definition) is 3. The number of epoxide rings is 1. The van der Waals surface area contributed by atoms with E-state index < -0.39 is 8.32 Å². The van der Waals surface area contributed by atoms with Crippen LogP contribution in [0.1, 0.15) is 19.8 Å².